The van der Waals surface area contributed by atoms with E-state index >= 15 is 0 Å². The number of ether oxygens (including phenoxy) is 3. The summed E-state index contributed by atoms with van der Waals surface area (Å²) in [7, 11) is 1.36. The number of pyridine rings is 1. The summed E-state index contributed by atoms with van der Waals surface area (Å²) in [4.78, 5) is 28.9. The lowest BCUT2D eigenvalue weighted by molar-refractivity contribution is -0.158. The number of carbonyl (C=O) groups excluding carboxylic acids is 2. The van der Waals surface area contributed by atoms with Gasteiger partial charge in [-0.15, -0.1) is 0 Å². The average Bonchev–Trinajstić information content (AvgIpc) is 2.72. The minimum atomic E-state index is -0.963. The zero-order chi connectivity index (χ0) is 22.3. The summed E-state index contributed by atoms with van der Waals surface area (Å²) in [6.07, 6.45) is 0.400. The summed E-state index contributed by atoms with van der Waals surface area (Å²) >= 11 is 0. The normalized spacial score (nSPS) is 13.8. The first kappa shape index (κ1) is 23.0. The van der Waals surface area contributed by atoms with Crippen LogP contribution in [0.5, 0.6) is 17.2 Å². The van der Waals surface area contributed by atoms with Gasteiger partial charge in [-0.05, 0) is 31.9 Å². The number of methoxy groups -OCH3 is 1. The number of aromatic hydroxyl groups is 1. The zero-order valence-electron chi connectivity index (χ0n) is 17.8. The number of nitrogens with zero attached hydrogens (tertiary/aromatic N) is 1. The molecule has 0 saturated carbocycles. The number of amides is 1. The van der Waals surface area contributed by atoms with E-state index in [0.29, 0.717) is 5.75 Å². The molecule has 1 heterocycles. The van der Waals surface area contributed by atoms with Crippen LogP contribution in [0, 0.1) is 5.92 Å². The number of aromatic nitrogens is 1. The predicted octanol–water partition coefficient (Wildman–Crippen LogP) is 2.95. The summed E-state index contributed by atoms with van der Waals surface area (Å²) in [6, 6.07) is 9.71. The third-order valence-corrected chi connectivity index (χ3v) is 4.46. The number of carbonyl (C=O) groups is 2. The van der Waals surface area contributed by atoms with Crippen LogP contribution >= 0.6 is 0 Å². The molecule has 8 nitrogen and oxygen atoms in total. The Morgan fingerprint density at radius 3 is 2.33 bits per heavy atom. The van der Waals surface area contributed by atoms with Gasteiger partial charge >= 0.3 is 5.97 Å². The molecule has 162 valence electrons. The van der Waals surface area contributed by atoms with Crippen molar-refractivity contribution in [3.63, 3.8) is 0 Å². The molecule has 0 bridgehead atoms. The van der Waals surface area contributed by atoms with Gasteiger partial charge in [-0.1, -0.05) is 32.0 Å². The van der Waals surface area contributed by atoms with Crippen LogP contribution in [0.25, 0.3) is 0 Å². The molecule has 0 aliphatic carbocycles. The second-order valence-electron chi connectivity index (χ2n) is 7.19. The molecule has 2 N–H and O–H groups in total. The number of hydrogen-bond donors (Lipinski definition) is 2. The number of hydrogen-bond acceptors (Lipinski definition) is 7. The Morgan fingerprint density at radius 2 is 1.73 bits per heavy atom. The maximum atomic E-state index is 12.6. The Morgan fingerprint density at radius 1 is 1.07 bits per heavy atom. The molecule has 0 spiro atoms. The Labute approximate surface area is 176 Å². The summed E-state index contributed by atoms with van der Waals surface area (Å²) in [6.45, 7) is 7.17. The van der Waals surface area contributed by atoms with Crippen molar-refractivity contribution in [2.45, 2.75) is 45.9 Å². The maximum absolute atomic E-state index is 12.6. The van der Waals surface area contributed by atoms with Crippen molar-refractivity contribution in [3.05, 3.63) is 48.3 Å². The third-order valence-electron chi connectivity index (χ3n) is 4.46. The SMILES string of the molecule is COc1ccnc(C(=O)N[C@@H](C)C(=O)OC(C(C)C)[C@H](C)Oc2ccccc2)c1O. The first-order valence-corrected chi connectivity index (χ1v) is 9.69. The number of benzene rings is 1. The standard InChI is InChI=1S/C22H28N2O6/c1-13(2)20(15(4)29-16-9-7-6-8-10-16)30-22(27)14(3)24-21(26)18-19(25)17(28-5)11-12-23-18/h6-15,20,25H,1-5H3,(H,24,26)/t14-,15-,20?/m0/s1. The van der Waals surface area contributed by atoms with Gasteiger partial charge in [0.15, 0.2) is 17.2 Å². The van der Waals surface area contributed by atoms with E-state index in [1.54, 1.807) is 0 Å². The molecule has 30 heavy (non-hydrogen) atoms. The minimum Gasteiger partial charge on any atom is -0.503 e. The molecule has 0 saturated heterocycles. The maximum Gasteiger partial charge on any atom is 0.328 e. The molecule has 1 aromatic carbocycles. The summed E-state index contributed by atoms with van der Waals surface area (Å²) < 4.78 is 16.5. The predicted molar refractivity (Wildman–Crippen MR) is 111 cm³/mol. The third kappa shape index (κ3) is 5.85. The fourth-order valence-corrected chi connectivity index (χ4v) is 2.88. The Bertz CT molecular complexity index is 856. The van der Waals surface area contributed by atoms with E-state index in [0.717, 1.165) is 0 Å². The highest BCUT2D eigenvalue weighted by Crippen LogP contribution is 2.27. The molecule has 2 rings (SSSR count). The highest BCUT2D eigenvalue weighted by Gasteiger charge is 2.30. The van der Waals surface area contributed by atoms with Crippen LogP contribution < -0.4 is 14.8 Å². The molecule has 2 aromatic rings. The van der Waals surface area contributed by atoms with Crippen LogP contribution in [0.4, 0.5) is 0 Å². The number of rotatable bonds is 9. The summed E-state index contributed by atoms with van der Waals surface area (Å²) in [5.41, 5.74) is -0.241. The lowest BCUT2D eigenvalue weighted by atomic mass is 10.0. The van der Waals surface area contributed by atoms with Gasteiger partial charge in [0.25, 0.3) is 5.91 Å². The van der Waals surface area contributed by atoms with Gasteiger partial charge in [-0.3, -0.25) is 4.79 Å². The van der Waals surface area contributed by atoms with Crippen molar-refractivity contribution in [2.24, 2.45) is 5.92 Å². The van der Waals surface area contributed by atoms with Gasteiger partial charge in [0.05, 0.1) is 7.11 Å². The van der Waals surface area contributed by atoms with E-state index in [-0.39, 0.29) is 17.4 Å². The molecule has 1 unspecified atom stereocenters. The number of para-hydroxylation sites is 1. The molecule has 0 aliphatic heterocycles. The van der Waals surface area contributed by atoms with Crippen molar-refractivity contribution in [3.8, 4) is 17.2 Å². The molecule has 0 fully saturated rings. The molecule has 0 radical (unpaired) electrons. The van der Waals surface area contributed by atoms with E-state index in [2.05, 4.69) is 10.3 Å². The quantitative estimate of drug-likeness (QED) is 0.605. The second kappa shape index (κ2) is 10.5. The van der Waals surface area contributed by atoms with Crippen molar-refractivity contribution in [1.29, 1.82) is 0 Å². The minimum absolute atomic E-state index is 0.0142. The van der Waals surface area contributed by atoms with Crippen molar-refractivity contribution in [1.82, 2.24) is 10.3 Å². The van der Waals surface area contributed by atoms with Crippen molar-refractivity contribution in [2.75, 3.05) is 7.11 Å². The molecule has 1 amide bonds. The second-order valence-corrected chi connectivity index (χ2v) is 7.19. The van der Waals surface area contributed by atoms with Gasteiger partial charge in [0.2, 0.25) is 0 Å². The van der Waals surface area contributed by atoms with Crippen molar-refractivity contribution < 1.29 is 28.9 Å². The van der Waals surface area contributed by atoms with Crippen LogP contribution in [0.15, 0.2) is 42.6 Å². The summed E-state index contributed by atoms with van der Waals surface area (Å²) in [5.74, 6) is -0.967. The largest absolute Gasteiger partial charge is 0.503 e. The Hall–Kier alpha value is -3.29. The monoisotopic (exact) mass is 416 g/mol. The average molecular weight is 416 g/mol. The van der Waals surface area contributed by atoms with Gasteiger partial charge in [-0.2, -0.15) is 0 Å². The Balaban J connectivity index is 2.02. The molecule has 8 heteroatoms. The van der Waals surface area contributed by atoms with Crippen LogP contribution in [0.2, 0.25) is 0 Å². The van der Waals surface area contributed by atoms with Gasteiger partial charge in [0.1, 0.15) is 24.0 Å². The molecule has 3 atom stereocenters. The topological polar surface area (TPSA) is 107 Å². The van der Waals surface area contributed by atoms with Crippen molar-refractivity contribution >= 4 is 11.9 Å². The lowest BCUT2D eigenvalue weighted by Crippen LogP contribution is -2.45. The van der Waals surface area contributed by atoms with Crippen LogP contribution in [0.3, 0.4) is 0 Å². The first-order valence-electron chi connectivity index (χ1n) is 9.69. The van der Waals surface area contributed by atoms with Crippen LogP contribution in [-0.2, 0) is 9.53 Å². The number of esters is 1. The van der Waals surface area contributed by atoms with Crippen LogP contribution in [-0.4, -0.2) is 47.3 Å². The molecular weight excluding hydrogens is 388 g/mol. The van der Waals surface area contributed by atoms with Gasteiger partial charge in [0, 0.05) is 12.3 Å². The van der Waals surface area contributed by atoms with E-state index in [9.17, 15) is 14.7 Å². The van der Waals surface area contributed by atoms with E-state index in [1.807, 2.05) is 51.1 Å². The van der Waals surface area contributed by atoms with Gasteiger partial charge in [-0.25, -0.2) is 9.78 Å². The first-order chi connectivity index (χ1) is 14.2. The lowest BCUT2D eigenvalue weighted by Gasteiger charge is -2.29. The zero-order valence-corrected chi connectivity index (χ0v) is 17.8. The van der Waals surface area contributed by atoms with Crippen LogP contribution in [0.1, 0.15) is 38.2 Å². The van der Waals surface area contributed by atoms with E-state index < -0.39 is 35.9 Å². The molecular formula is C22H28N2O6. The number of nitrogens with one attached hydrogen (secondary N) is 1. The summed E-state index contributed by atoms with van der Waals surface area (Å²) in [5, 5.41) is 12.5. The fraction of sp³-hybridized carbons (Fsp3) is 0.409. The highest BCUT2D eigenvalue weighted by atomic mass is 16.6. The molecule has 1 aromatic heterocycles. The van der Waals surface area contributed by atoms with E-state index in [1.165, 1.54) is 26.3 Å². The smallest absolute Gasteiger partial charge is 0.328 e. The fourth-order valence-electron chi connectivity index (χ4n) is 2.88. The highest BCUT2D eigenvalue weighted by molar-refractivity contribution is 5.97. The van der Waals surface area contributed by atoms with Gasteiger partial charge < -0.3 is 24.6 Å². The van der Waals surface area contributed by atoms with E-state index in [4.69, 9.17) is 14.2 Å². The molecule has 0 aliphatic rings. The Kier molecular flexibility index (Phi) is 8.03.